The zero-order chi connectivity index (χ0) is 14.6. The molecule has 0 aliphatic carbocycles. The van der Waals surface area contributed by atoms with E-state index in [0.29, 0.717) is 0 Å². The van der Waals surface area contributed by atoms with Crippen molar-refractivity contribution in [3.63, 3.8) is 0 Å². The van der Waals surface area contributed by atoms with Crippen molar-refractivity contribution in [3.8, 4) is 6.07 Å². The molecule has 2 nitrogen and oxygen atoms in total. The molecule has 1 saturated heterocycles. The van der Waals surface area contributed by atoms with Crippen LogP contribution in [0.25, 0.3) is 0 Å². The van der Waals surface area contributed by atoms with Gasteiger partial charge in [-0.25, -0.2) is 0 Å². The van der Waals surface area contributed by atoms with Gasteiger partial charge in [0.15, 0.2) is 0 Å². The molecule has 2 rings (SSSR count). The maximum atomic E-state index is 9.46. The molecule has 1 fully saturated rings. The summed E-state index contributed by atoms with van der Waals surface area (Å²) in [6.45, 7) is 9.84. The fourth-order valence-corrected chi connectivity index (χ4v) is 2.84. The molecule has 1 aromatic rings. The highest BCUT2D eigenvalue weighted by molar-refractivity contribution is 5.32. The van der Waals surface area contributed by atoms with Crippen LogP contribution in [0.5, 0.6) is 0 Å². The summed E-state index contributed by atoms with van der Waals surface area (Å²) >= 11 is 0. The molecule has 1 aliphatic heterocycles. The molecule has 0 amide bonds. The molecule has 0 aromatic heterocycles. The van der Waals surface area contributed by atoms with Crippen molar-refractivity contribution >= 4 is 0 Å². The monoisotopic (exact) mass is 270 g/mol. The highest BCUT2D eigenvalue weighted by Gasteiger charge is 2.19. The van der Waals surface area contributed by atoms with Gasteiger partial charge in [-0.3, -0.25) is 0 Å². The number of piperidine rings is 1. The lowest BCUT2D eigenvalue weighted by Crippen LogP contribution is -2.33. The topological polar surface area (TPSA) is 27.0 Å². The lowest BCUT2D eigenvalue weighted by molar-refractivity contribution is 0.225. The number of likely N-dealkylation sites (tertiary alicyclic amines) is 1. The molecule has 1 aromatic carbocycles. The van der Waals surface area contributed by atoms with Crippen molar-refractivity contribution in [2.45, 2.75) is 51.4 Å². The molecule has 0 saturated carbocycles. The number of benzene rings is 1. The van der Waals surface area contributed by atoms with Crippen molar-refractivity contribution in [2.75, 3.05) is 19.6 Å². The van der Waals surface area contributed by atoms with Crippen LogP contribution in [0.3, 0.4) is 0 Å². The van der Waals surface area contributed by atoms with E-state index in [0.717, 1.165) is 25.2 Å². The fraction of sp³-hybridized carbons (Fsp3) is 0.611. The van der Waals surface area contributed by atoms with E-state index in [1.807, 2.05) is 0 Å². The first-order chi connectivity index (χ1) is 9.50. The summed E-state index contributed by atoms with van der Waals surface area (Å²) in [4.78, 5) is 2.44. The zero-order valence-corrected chi connectivity index (χ0v) is 13.0. The van der Waals surface area contributed by atoms with Crippen LogP contribution in [-0.4, -0.2) is 24.5 Å². The van der Waals surface area contributed by atoms with Crippen LogP contribution in [0.1, 0.15) is 57.1 Å². The Morgan fingerprint density at radius 1 is 1.10 bits per heavy atom. The van der Waals surface area contributed by atoms with Crippen LogP contribution >= 0.6 is 0 Å². The normalized spacial score (nSPS) is 18.5. The summed E-state index contributed by atoms with van der Waals surface area (Å²) in [6.07, 6.45) is 3.90. The number of nitrogens with zero attached hydrogens (tertiary/aromatic N) is 2. The van der Waals surface area contributed by atoms with E-state index in [1.165, 1.54) is 24.8 Å². The average Bonchev–Trinajstić information content (AvgIpc) is 2.45. The lowest BCUT2D eigenvalue weighted by Gasteiger charge is -2.28. The Hall–Kier alpha value is -1.33. The largest absolute Gasteiger partial charge is 0.302 e. The van der Waals surface area contributed by atoms with E-state index in [1.54, 1.807) is 0 Å². The van der Waals surface area contributed by atoms with Gasteiger partial charge in [0.1, 0.15) is 0 Å². The SMILES string of the molecule is CC(C)(C)c1ccc(C(C#N)CN2CCCCC2)cc1. The molecule has 0 radical (unpaired) electrons. The second-order valence-electron chi connectivity index (χ2n) is 6.91. The summed E-state index contributed by atoms with van der Waals surface area (Å²) in [5.74, 6) is 0.00196. The smallest absolute Gasteiger partial charge is 0.0839 e. The summed E-state index contributed by atoms with van der Waals surface area (Å²) < 4.78 is 0. The number of hydrogen-bond acceptors (Lipinski definition) is 2. The molecule has 1 aliphatic rings. The summed E-state index contributed by atoms with van der Waals surface area (Å²) in [6, 6.07) is 11.1. The number of rotatable bonds is 3. The van der Waals surface area contributed by atoms with Gasteiger partial charge in [0.05, 0.1) is 12.0 Å². The summed E-state index contributed by atoms with van der Waals surface area (Å²) in [7, 11) is 0. The van der Waals surface area contributed by atoms with Crippen molar-refractivity contribution in [3.05, 3.63) is 35.4 Å². The molecule has 1 atom stereocenters. The number of hydrogen-bond donors (Lipinski definition) is 0. The van der Waals surface area contributed by atoms with Gasteiger partial charge < -0.3 is 4.90 Å². The van der Waals surface area contributed by atoms with E-state index in [-0.39, 0.29) is 11.3 Å². The minimum atomic E-state index is 0.00196. The molecular formula is C18H26N2. The first kappa shape index (κ1) is 15.1. The molecule has 0 N–H and O–H groups in total. The Morgan fingerprint density at radius 3 is 2.20 bits per heavy atom. The number of nitriles is 1. The maximum absolute atomic E-state index is 9.46. The Labute approximate surface area is 123 Å². The molecule has 20 heavy (non-hydrogen) atoms. The van der Waals surface area contributed by atoms with E-state index in [2.05, 4.69) is 56.0 Å². The Morgan fingerprint density at radius 2 is 1.70 bits per heavy atom. The third kappa shape index (κ3) is 3.84. The second kappa shape index (κ2) is 6.41. The van der Waals surface area contributed by atoms with Crippen LogP contribution in [0.15, 0.2) is 24.3 Å². The van der Waals surface area contributed by atoms with Crippen molar-refractivity contribution in [2.24, 2.45) is 0 Å². The minimum Gasteiger partial charge on any atom is -0.302 e. The van der Waals surface area contributed by atoms with E-state index in [9.17, 15) is 5.26 Å². The van der Waals surface area contributed by atoms with E-state index >= 15 is 0 Å². The van der Waals surface area contributed by atoms with Gasteiger partial charge in [0, 0.05) is 6.54 Å². The molecule has 1 heterocycles. The van der Waals surface area contributed by atoms with Crippen LogP contribution < -0.4 is 0 Å². The van der Waals surface area contributed by atoms with Crippen LogP contribution in [0, 0.1) is 11.3 Å². The van der Waals surface area contributed by atoms with Crippen LogP contribution in [-0.2, 0) is 5.41 Å². The Kier molecular flexibility index (Phi) is 4.83. The molecular weight excluding hydrogens is 244 g/mol. The summed E-state index contributed by atoms with van der Waals surface area (Å²) in [5, 5.41) is 9.46. The third-order valence-corrected chi connectivity index (χ3v) is 4.22. The lowest BCUT2D eigenvalue weighted by atomic mass is 9.85. The predicted octanol–water partition coefficient (Wildman–Crippen LogP) is 4.08. The zero-order valence-electron chi connectivity index (χ0n) is 13.0. The Balaban J connectivity index is 2.06. The maximum Gasteiger partial charge on any atom is 0.0839 e. The van der Waals surface area contributed by atoms with Gasteiger partial charge >= 0.3 is 0 Å². The van der Waals surface area contributed by atoms with Gasteiger partial charge in [0.25, 0.3) is 0 Å². The third-order valence-electron chi connectivity index (χ3n) is 4.22. The molecule has 1 unspecified atom stereocenters. The van der Waals surface area contributed by atoms with Crippen molar-refractivity contribution < 1.29 is 0 Å². The van der Waals surface area contributed by atoms with E-state index < -0.39 is 0 Å². The molecule has 0 bridgehead atoms. The second-order valence-corrected chi connectivity index (χ2v) is 6.91. The quantitative estimate of drug-likeness (QED) is 0.827. The molecule has 0 spiro atoms. The molecule has 108 valence electrons. The highest BCUT2D eigenvalue weighted by atomic mass is 15.1. The standard InChI is InChI=1S/C18H26N2/c1-18(2,3)17-9-7-15(8-10-17)16(13-19)14-20-11-5-4-6-12-20/h7-10,16H,4-6,11-12,14H2,1-3H3. The first-order valence-electron chi connectivity index (χ1n) is 7.73. The van der Waals surface area contributed by atoms with Crippen molar-refractivity contribution in [1.82, 2.24) is 4.90 Å². The first-order valence-corrected chi connectivity index (χ1v) is 7.73. The van der Waals surface area contributed by atoms with Crippen LogP contribution in [0.2, 0.25) is 0 Å². The minimum absolute atomic E-state index is 0.00196. The molecule has 2 heteroatoms. The van der Waals surface area contributed by atoms with Gasteiger partial charge in [-0.05, 0) is 42.5 Å². The van der Waals surface area contributed by atoms with Crippen LogP contribution in [0.4, 0.5) is 0 Å². The highest BCUT2D eigenvalue weighted by Crippen LogP contribution is 2.25. The Bertz CT molecular complexity index is 456. The van der Waals surface area contributed by atoms with Gasteiger partial charge in [-0.1, -0.05) is 51.5 Å². The summed E-state index contributed by atoms with van der Waals surface area (Å²) in [5.41, 5.74) is 2.66. The van der Waals surface area contributed by atoms with Crippen molar-refractivity contribution in [1.29, 1.82) is 5.26 Å². The average molecular weight is 270 g/mol. The van der Waals surface area contributed by atoms with Gasteiger partial charge in [-0.15, -0.1) is 0 Å². The fourth-order valence-electron chi connectivity index (χ4n) is 2.84. The van der Waals surface area contributed by atoms with Gasteiger partial charge in [-0.2, -0.15) is 5.26 Å². The predicted molar refractivity (Wildman–Crippen MR) is 83.8 cm³/mol. The van der Waals surface area contributed by atoms with Gasteiger partial charge in [0.2, 0.25) is 0 Å². The van der Waals surface area contributed by atoms with E-state index in [4.69, 9.17) is 0 Å².